The molecular formula is C24H23FN4O3. The molecule has 0 saturated heterocycles. The van der Waals surface area contributed by atoms with Crippen LogP contribution in [-0.4, -0.2) is 27.2 Å². The number of halogens is 1. The van der Waals surface area contributed by atoms with Crippen molar-refractivity contribution in [3.05, 3.63) is 82.0 Å². The molecule has 2 heterocycles. The summed E-state index contributed by atoms with van der Waals surface area (Å²) in [6.45, 7) is 1.86. The van der Waals surface area contributed by atoms with E-state index < -0.39 is 0 Å². The molecule has 4 aromatic rings. The number of carbonyl (C=O) groups excluding carboxylic acids is 1. The van der Waals surface area contributed by atoms with Crippen LogP contribution >= 0.6 is 0 Å². The van der Waals surface area contributed by atoms with Crippen molar-refractivity contribution in [2.24, 2.45) is 7.05 Å². The first-order valence-corrected chi connectivity index (χ1v) is 10.2. The van der Waals surface area contributed by atoms with Gasteiger partial charge in [0.05, 0.1) is 12.8 Å². The maximum atomic E-state index is 13.1. The number of hydrogen-bond acceptors (Lipinski definition) is 4. The number of hydrogen-bond donors (Lipinski definition) is 1. The minimum Gasteiger partial charge on any atom is -0.497 e. The lowest BCUT2D eigenvalue weighted by molar-refractivity contribution is -0.116. The molecule has 1 N–H and O–H groups in total. The summed E-state index contributed by atoms with van der Waals surface area (Å²) in [5, 5.41) is 7.23. The van der Waals surface area contributed by atoms with E-state index in [-0.39, 0.29) is 30.1 Å². The highest BCUT2D eigenvalue weighted by Crippen LogP contribution is 2.23. The number of amides is 1. The number of aromatic nitrogens is 3. The second-order valence-electron chi connectivity index (χ2n) is 7.51. The summed E-state index contributed by atoms with van der Waals surface area (Å²) in [5.74, 6) is 0.117. The van der Waals surface area contributed by atoms with Crippen LogP contribution < -0.4 is 15.6 Å². The summed E-state index contributed by atoms with van der Waals surface area (Å²) < 4.78 is 21.5. The van der Waals surface area contributed by atoms with Gasteiger partial charge in [0.25, 0.3) is 5.56 Å². The summed E-state index contributed by atoms with van der Waals surface area (Å²) in [7, 11) is 3.47. The fourth-order valence-corrected chi connectivity index (χ4v) is 3.60. The zero-order valence-corrected chi connectivity index (χ0v) is 18.1. The quantitative estimate of drug-likeness (QED) is 0.502. The molecule has 2 aromatic heterocycles. The lowest BCUT2D eigenvalue weighted by Crippen LogP contribution is -2.26. The Kier molecular flexibility index (Phi) is 5.77. The van der Waals surface area contributed by atoms with E-state index in [1.807, 2.05) is 48.9 Å². The number of nitrogens with zero attached hydrogens (tertiary/aromatic N) is 3. The van der Waals surface area contributed by atoms with Gasteiger partial charge < -0.3 is 14.6 Å². The topological polar surface area (TPSA) is 77.6 Å². The van der Waals surface area contributed by atoms with Crippen LogP contribution in [0.4, 0.5) is 10.1 Å². The molecule has 0 fully saturated rings. The van der Waals surface area contributed by atoms with Crippen LogP contribution in [0.3, 0.4) is 0 Å². The van der Waals surface area contributed by atoms with Gasteiger partial charge in [-0.05, 0) is 61.9 Å². The molecule has 4 rings (SSSR count). The van der Waals surface area contributed by atoms with Gasteiger partial charge in [-0.3, -0.25) is 9.59 Å². The molecule has 32 heavy (non-hydrogen) atoms. The monoisotopic (exact) mass is 434 g/mol. The molecule has 0 unspecified atom stereocenters. The van der Waals surface area contributed by atoms with Gasteiger partial charge in [0.1, 0.15) is 17.2 Å². The molecule has 8 heteroatoms. The smallest absolute Gasteiger partial charge is 0.277 e. The Hall–Kier alpha value is -3.94. The Balaban J connectivity index is 1.59. The summed E-state index contributed by atoms with van der Waals surface area (Å²) in [4.78, 5) is 25.5. The molecular weight excluding hydrogens is 411 g/mol. The SMILES string of the molecule is COc1ccc(-c2cc3n(C)c(C)c(CCC(=O)Nc4ccc(F)cc4)c(=O)n3n2)cc1. The van der Waals surface area contributed by atoms with E-state index in [0.717, 1.165) is 17.0 Å². The summed E-state index contributed by atoms with van der Waals surface area (Å²) in [6, 6.07) is 14.9. The molecule has 0 saturated carbocycles. The zero-order valence-electron chi connectivity index (χ0n) is 18.1. The van der Waals surface area contributed by atoms with Crippen molar-refractivity contribution in [1.29, 1.82) is 0 Å². The van der Waals surface area contributed by atoms with E-state index in [1.165, 1.54) is 28.8 Å². The van der Waals surface area contributed by atoms with Crippen molar-refractivity contribution in [3.8, 4) is 17.0 Å². The van der Waals surface area contributed by atoms with Gasteiger partial charge >= 0.3 is 0 Å². The molecule has 1 amide bonds. The van der Waals surface area contributed by atoms with E-state index in [0.29, 0.717) is 22.6 Å². The largest absolute Gasteiger partial charge is 0.497 e. The van der Waals surface area contributed by atoms with Gasteiger partial charge in [0, 0.05) is 42.0 Å². The maximum absolute atomic E-state index is 13.1. The molecule has 0 atom stereocenters. The first kappa shape index (κ1) is 21.3. The summed E-state index contributed by atoms with van der Waals surface area (Å²) in [6.07, 6.45) is 0.380. The normalized spacial score (nSPS) is 11.0. The van der Waals surface area contributed by atoms with E-state index in [1.54, 1.807) is 7.11 Å². The molecule has 2 aromatic carbocycles. The van der Waals surface area contributed by atoms with E-state index in [2.05, 4.69) is 10.4 Å². The van der Waals surface area contributed by atoms with Crippen LogP contribution in [0.2, 0.25) is 0 Å². The van der Waals surface area contributed by atoms with Crippen LogP contribution in [0.15, 0.2) is 59.4 Å². The van der Waals surface area contributed by atoms with E-state index in [4.69, 9.17) is 4.74 Å². The summed E-state index contributed by atoms with van der Waals surface area (Å²) >= 11 is 0. The third-order valence-electron chi connectivity index (χ3n) is 5.54. The Labute approximate surface area is 184 Å². The highest BCUT2D eigenvalue weighted by atomic mass is 19.1. The van der Waals surface area contributed by atoms with Crippen LogP contribution in [0.1, 0.15) is 17.7 Å². The van der Waals surface area contributed by atoms with Crippen molar-refractivity contribution in [1.82, 2.24) is 14.2 Å². The zero-order chi connectivity index (χ0) is 22.8. The molecule has 0 aliphatic rings. The number of fused-ring (bicyclic) bond motifs is 1. The molecule has 0 spiro atoms. The van der Waals surface area contributed by atoms with Gasteiger partial charge in [-0.1, -0.05) is 0 Å². The summed E-state index contributed by atoms with van der Waals surface area (Å²) in [5.41, 5.74) is 3.77. The number of nitrogens with one attached hydrogen (secondary N) is 1. The molecule has 0 aliphatic carbocycles. The third-order valence-corrected chi connectivity index (χ3v) is 5.54. The minimum atomic E-state index is -0.372. The minimum absolute atomic E-state index is 0.117. The molecule has 164 valence electrons. The lowest BCUT2D eigenvalue weighted by atomic mass is 10.1. The highest BCUT2D eigenvalue weighted by Gasteiger charge is 2.17. The molecule has 7 nitrogen and oxygen atoms in total. The number of aryl methyl sites for hydroxylation is 1. The second kappa shape index (κ2) is 8.66. The van der Waals surface area contributed by atoms with Gasteiger partial charge in [-0.25, -0.2) is 4.39 Å². The van der Waals surface area contributed by atoms with Crippen molar-refractivity contribution in [2.45, 2.75) is 19.8 Å². The maximum Gasteiger partial charge on any atom is 0.277 e. The number of benzene rings is 2. The number of rotatable bonds is 6. The Morgan fingerprint density at radius 1 is 1.12 bits per heavy atom. The Bertz CT molecular complexity index is 1340. The predicted octanol–water partition coefficient (Wildman–Crippen LogP) is 3.73. The average molecular weight is 434 g/mol. The Morgan fingerprint density at radius 2 is 1.81 bits per heavy atom. The first-order chi connectivity index (χ1) is 15.4. The van der Waals surface area contributed by atoms with E-state index >= 15 is 0 Å². The molecule has 0 radical (unpaired) electrons. The first-order valence-electron chi connectivity index (χ1n) is 10.2. The molecule has 0 aliphatic heterocycles. The average Bonchev–Trinajstić information content (AvgIpc) is 3.25. The van der Waals surface area contributed by atoms with Crippen LogP contribution in [0.5, 0.6) is 5.75 Å². The number of anilines is 1. The fraction of sp³-hybridized carbons (Fsp3) is 0.208. The number of ether oxygens (including phenoxy) is 1. The van der Waals surface area contributed by atoms with Crippen molar-refractivity contribution in [2.75, 3.05) is 12.4 Å². The van der Waals surface area contributed by atoms with Crippen molar-refractivity contribution < 1.29 is 13.9 Å². The third kappa shape index (κ3) is 4.12. The number of methoxy groups -OCH3 is 1. The van der Waals surface area contributed by atoms with Gasteiger partial charge in [0.2, 0.25) is 5.91 Å². The second-order valence-corrected chi connectivity index (χ2v) is 7.51. The van der Waals surface area contributed by atoms with Crippen molar-refractivity contribution >= 4 is 17.2 Å². The highest BCUT2D eigenvalue weighted by molar-refractivity contribution is 5.90. The van der Waals surface area contributed by atoms with Gasteiger partial charge in [-0.2, -0.15) is 9.61 Å². The van der Waals surface area contributed by atoms with E-state index in [9.17, 15) is 14.0 Å². The van der Waals surface area contributed by atoms with Crippen LogP contribution in [0, 0.1) is 12.7 Å². The van der Waals surface area contributed by atoms with Gasteiger partial charge in [-0.15, -0.1) is 0 Å². The van der Waals surface area contributed by atoms with Crippen LogP contribution in [-0.2, 0) is 18.3 Å². The molecule has 0 bridgehead atoms. The van der Waals surface area contributed by atoms with Crippen molar-refractivity contribution in [3.63, 3.8) is 0 Å². The lowest BCUT2D eigenvalue weighted by Gasteiger charge is -2.12. The fourth-order valence-electron chi connectivity index (χ4n) is 3.60. The van der Waals surface area contributed by atoms with Gasteiger partial charge in [0.15, 0.2) is 0 Å². The van der Waals surface area contributed by atoms with Crippen LogP contribution in [0.25, 0.3) is 16.9 Å². The standard InChI is InChI=1S/C24H23FN4O3/c1-15-20(12-13-22(30)26-18-8-6-17(25)7-9-18)24(31)29-23(28(15)2)14-21(27-29)16-4-10-19(32-3)11-5-16/h4-11,14H,12-13H2,1-3H3,(H,26,30). The predicted molar refractivity (Wildman–Crippen MR) is 121 cm³/mol. The number of carbonyl (C=O) groups is 1. The Morgan fingerprint density at radius 3 is 2.47 bits per heavy atom.